The molecule has 0 spiro atoms. The van der Waals surface area contributed by atoms with Crippen LogP contribution in [0.15, 0.2) is 0 Å². The van der Waals surface area contributed by atoms with Crippen molar-refractivity contribution in [1.29, 1.82) is 0 Å². The maximum atomic E-state index is 6.18. The van der Waals surface area contributed by atoms with E-state index in [0.29, 0.717) is 17.9 Å². The summed E-state index contributed by atoms with van der Waals surface area (Å²) >= 11 is 0. The summed E-state index contributed by atoms with van der Waals surface area (Å²) in [4.78, 5) is 4.52. The van der Waals surface area contributed by atoms with Gasteiger partial charge in [-0.3, -0.25) is 4.57 Å². The number of aryl methyl sites for hydroxylation is 2. The van der Waals surface area contributed by atoms with Crippen molar-refractivity contribution < 1.29 is 4.74 Å². The molecule has 110 valence electrons. The van der Waals surface area contributed by atoms with E-state index in [1.165, 1.54) is 0 Å². The highest BCUT2D eigenvalue weighted by molar-refractivity contribution is 5.77. The first-order valence-electron chi connectivity index (χ1n) is 7.42. The van der Waals surface area contributed by atoms with Crippen LogP contribution in [-0.4, -0.2) is 32.5 Å². The van der Waals surface area contributed by atoms with Crippen LogP contribution in [0, 0.1) is 12.8 Å². The van der Waals surface area contributed by atoms with Gasteiger partial charge >= 0.3 is 0 Å². The van der Waals surface area contributed by atoms with Crippen LogP contribution in [0.5, 0.6) is 0 Å². The van der Waals surface area contributed by atoms with E-state index in [1.807, 2.05) is 11.6 Å². The van der Waals surface area contributed by atoms with E-state index in [-0.39, 0.29) is 0 Å². The molecular formula is C14H23N5O. The molecule has 0 amide bonds. The molecule has 1 unspecified atom stereocenters. The maximum absolute atomic E-state index is 6.18. The van der Waals surface area contributed by atoms with Crippen LogP contribution in [0.3, 0.4) is 0 Å². The van der Waals surface area contributed by atoms with Crippen LogP contribution in [-0.2, 0) is 11.3 Å². The van der Waals surface area contributed by atoms with Gasteiger partial charge in [0, 0.05) is 25.8 Å². The van der Waals surface area contributed by atoms with Crippen molar-refractivity contribution in [3.8, 4) is 0 Å². The Morgan fingerprint density at radius 1 is 1.40 bits per heavy atom. The minimum Gasteiger partial charge on any atom is -0.381 e. The van der Waals surface area contributed by atoms with Crippen LogP contribution in [0.2, 0.25) is 0 Å². The zero-order chi connectivity index (χ0) is 14.3. The molecule has 1 atom stereocenters. The first-order valence-corrected chi connectivity index (χ1v) is 7.42. The molecule has 2 aromatic heterocycles. The molecular weight excluding hydrogens is 254 g/mol. The lowest BCUT2D eigenvalue weighted by molar-refractivity contribution is 0.0520. The van der Waals surface area contributed by atoms with E-state index in [2.05, 4.69) is 28.5 Å². The van der Waals surface area contributed by atoms with E-state index >= 15 is 0 Å². The maximum Gasteiger partial charge on any atom is 0.202 e. The fourth-order valence-corrected chi connectivity index (χ4v) is 3.24. The molecule has 0 saturated carbocycles. The van der Waals surface area contributed by atoms with Gasteiger partial charge in [0.15, 0.2) is 5.65 Å². The lowest BCUT2D eigenvalue weighted by atomic mass is 9.93. The summed E-state index contributed by atoms with van der Waals surface area (Å²) in [6, 6.07) is 0.324. The van der Waals surface area contributed by atoms with Gasteiger partial charge in [0.1, 0.15) is 5.52 Å². The number of rotatable bonds is 3. The monoisotopic (exact) mass is 277 g/mol. The highest BCUT2D eigenvalue weighted by Gasteiger charge is 2.27. The number of nitrogens with two attached hydrogens (primary N) is 1. The summed E-state index contributed by atoms with van der Waals surface area (Å²) in [7, 11) is 0. The molecule has 0 bridgehead atoms. The second-order valence-corrected chi connectivity index (χ2v) is 5.60. The summed E-state index contributed by atoms with van der Waals surface area (Å²) in [5.74, 6) is 1.19. The molecule has 3 heterocycles. The molecule has 0 aliphatic carbocycles. The van der Waals surface area contributed by atoms with E-state index < -0.39 is 0 Å². The predicted octanol–water partition coefficient (Wildman–Crippen LogP) is 2.13. The summed E-state index contributed by atoms with van der Waals surface area (Å²) in [5, 5.41) is 4.55. The normalized spacial score (nSPS) is 18.8. The fourth-order valence-electron chi connectivity index (χ4n) is 3.24. The molecule has 1 saturated heterocycles. The predicted molar refractivity (Wildman–Crippen MR) is 78.6 cm³/mol. The molecule has 3 rings (SSSR count). The van der Waals surface area contributed by atoms with Crippen molar-refractivity contribution in [3.63, 3.8) is 0 Å². The highest BCUT2D eigenvalue weighted by atomic mass is 16.5. The quantitative estimate of drug-likeness (QED) is 0.933. The number of nitrogens with zero attached hydrogens (tertiary/aromatic N) is 4. The number of anilines is 1. The van der Waals surface area contributed by atoms with Gasteiger partial charge in [0.25, 0.3) is 0 Å². The Labute approximate surface area is 118 Å². The van der Waals surface area contributed by atoms with E-state index in [1.54, 1.807) is 0 Å². The van der Waals surface area contributed by atoms with E-state index in [9.17, 15) is 0 Å². The Morgan fingerprint density at radius 3 is 2.75 bits per heavy atom. The van der Waals surface area contributed by atoms with Gasteiger partial charge in [-0.1, -0.05) is 0 Å². The lowest BCUT2D eigenvalue weighted by Gasteiger charge is -2.29. The average Bonchev–Trinajstić information content (AvgIpc) is 2.96. The molecule has 1 aliphatic heterocycles. The van der Waals surface area contributed by atoms with Crippen LogP contribution in [0.25, 0.3) is 11.2 Å². The minimum atomic E-state index is 0.324. The Bertz CT molecular complexity index is 609. The third-order valence-electron chi connectivity index (χ3n) is 4.43. The number of imidazole rings is 1. The van der Waals surface area contributed by atoms with Gasteiger partial charge in [-0.25, -0.2) is 9.67 Å². The zero-order valence-electron chi connectivity index (χ0n) is 12.5. The van der Waals surface area contributed by atoms with E-state index in [0.717, 1.165) is 49.5 Å². The Kier molecular flexibility index (Phi) is 3.41. The topological polar surface area (TPSA) is 70.9 Å². The average molecular weight is 277 g/mol. The SMILES string of the molecule is CCn1nc(C)c2nc(N)n(C(C)C3CCOCC3)c21. The van der Waals surface area contributed by atoms with Gasteiger partial charge in [-0.15, -0.1) is 0 Å². The van der Waals surface area contributed by atoms with E-state index in [4.69, 9.17) is 10.5 Å². The molecule has 1 fully saturated rings. The van der Waals surface area contributed by atoms with Crippen molar-refractivity contribution in [1.82, 2.24) is 19.3 Å². The second-order valence-electron chi connectivity index (χ2n) is 5.60. The number of aromatic nitrogens is 4. The molecule has 0 aromatic carbocycles. The number of fused-ring (bicyclic) bond motifs is 1. The molecule has 2 N–H and O–H groups in total. The number of hydrogen-bond donors (Lipinski definition) is 1. The molecule has 6 nitrogen and oxygen atoms in total. The van der Waals surface area contributed by atoms with Gasteiger partial charge in [0.05, 0.1) is 5.69 Å². The summed E-state index contributed by atoms with van der Waals surface area (Å²) < 4.78 is 9.63. The van der Waals surface area contributed by atoms with Crippen LogP contribution >= 0.6 is 0 Å². The second kappa shape index (κ2) is 5.09. The lowest BCUT2D eigenvalue weighted by Crippen LogP contribution is -2.25. The molecule has 6 heteroatoms. The molecule has 1 aliphatic rings. The number of nitrogen functional groups attached to an aromatic ring is 1. The van der Waals surface area contributed by atoms with Crippen LogP contribution < -0.4 is 5.73 Å². The number of ether oxygens (including phenoxy) is 1. The standard InChI is InChI=1S/C14H23N5O/c1-4-18-13-12(9(2)17-18)16-14(15)19(13)10(3)11-5-7-20-8-6-11/h10-11H,4-8H2,1-3H3,(H2,15,16). The Morgan fingerprint density at radius 2 is 2.10 bits per heavy atom. The van der Waals surface area contributed by atoms with Gasteiger partial charge in [-0.2, -0.15) is 5.10 Å². The third kappa shape index (κ3) is 1.98. The van der Waals surface area contributed by atoms with Crippen molar-refractivity contribution in [2.75, 3.05) is 18.9 Å². The van der Waals surface area contributed by atoms with Gasteiger partial charge in [0.2, 0.25) is 5.95 Å². The molecule has 20 heavy (non-hydrogen) atoms. The van der Waals surface area contributed by atoms with Crippen LogP contribution in [0.4, 0.5) is 5.95 Å². The molecule has 2 aromatic rings. The smallest absolute Gasteiger partial charge is 0.202 e. The number of hydrogen-bond acceptors (Lipinski definition) is 4. The summed E-state index contributed by atoms with van der Waals surface area (Å²) in [5.41, 5.74) is 9.12. The Hall–Kier alpha value is -1.56. The van der Waals surface area contributed by atoms with Gasteiger partial charge in [-0.05, 0) is 39.5 Å². The third-order valence-corrected chi connectivity index (χ3v) is 4.43. The highest BCUT2D eigenvalue weighted by Crippen LogP contribution is 2.33. The minimum absolute atomic E-state index is 0.324. The first-order chi connectivity index (χ1) is 9.63. The van der Waals surface area contributed by atoms with Crippen LogP contribution in [0.1, 0.15) is 38.4 Å². The summed E-state index contributed by atoms with van der Waals surface area (Å²) in [6.45, 7) is 8.84. The van der Waals surface area contributed by atoms with Crippen molar-refractivity contribution in [3.05, 3.63) is 5.69 Å². The first kappa shape index (κ1) is 13.4. The molecule has 0 radical (unpaired) electrons. The fraction of sp³-hybridized carbons (Fsp3) is 0.714. The Balaban J connectivity index is 2.07. The van der Waals surface area contributed by atoms with Crippen molar-refractivity contribution in [2.45, 2.75) is 46.2 Å². The van der Waals surface area contributed by atoms with Crippen molar-refractivity contribution in [2.24, 2.45) is 5.92 Å². The zero-order valence-corrected chi connectivity index (χ0v) is 12.5. The largest absolute Gasteiger partial charge is 0.381 e. The summed E-state index contributed by atoms with van der Waals surface area (Å²) in [6.07, 6.45) is 2.17. The van der Waals surface area contributed by atoms with Crippen molar-refractivity contribution >= 4 is 17.1 Å². The van der Waals surface area contributed by atoms with Gasteiger partial charge < -0.3 is 10.5 Å².